The second-order valence-corrected chi connectivity index (χ2v) is 4.82. The van der Waals surface area contributed by atoms with Gasteiger partial charge in [-0.1, -0.05) is 22.0 Å². The second-order valence-electron chi connectivity index (χ2n) is 3.45. The fourth-order valence-electron chi connectivity index (χ4n) is 1.24. The van der Waals surface area contributed by atoms with Gasteiger partial charge in [0.2, 0.25) is 5.91 Å². The lowest BCUT2D eigenvalue weighted by Gasteiger charge is -2.18. The van der Waals surface area contributed by atoms with Crippen LogP contribution in [0.2, 0.25) is 0 Å². The van der Waals surface area contributed by atoms with Gasteiger partial charge in [0.1, 0.15) is 0 Å². The number of pyridine rings is 1. The zero-order valence-electron chi connectivity index (χ0n) is 8.98. The topological polar surface area (TPSA) is 33.2 Å². The third kappa shape index (κ3) is 4.00. The van der Waals surface area contributed by atoms with Crippen LogP contribution in [0.15, 0.2) is 24.4 Å². The van der Waals surface area contributed by atoms with Crippen molar-refractivity contribution in [1.29, 1.82) is 0 Å². The molecule has 0 aliphatic heterocycles. The summed E-state index contributed by atoms with van der Waals surface area (Å²) >= 11 is 3.26. The molecule has 0 fully saturated rings. The minimum Gasteiger partial charge on any atom is -0.344 e. The smallest absolute Gasteiger partial charge is 0.235 e. The number of amides is 1. The molecule has 0 N–H and O–H groups in total. The number of halogens is 1. The number of carbonyl (C=O) groups excluding carboxylic acids is 1. The number of likely N-dealkylation sites (N-methyl/N-ethyl adjacent to an activating group) is 1. The number of alkyl halides is 1. The minimum absolute atomic E-state index is 0.103. The highest BCUT2D eigenvalue weighted by atomic mass is 79.9. The second kappa shape index (κ2) is 5.85. The minimum atomic E-state index is -0.119. The Kier molecular flexibility index (Phi) is 4.75. The van der Waals surface area contributed by atoms with Gasteiger partial charge in [0, 0.05) is 31.9 Å². The lowest BCUT2D eigenvalue weighted by Crippen LogP contribution is -2.33. The van der Waals surface area contributed by atoms with Crippen molar-refractivity contribution in [1.82, 2.24) is 9.88 Å². The molecule has 1 rings (SSSR count). The van der Waals surface area contributed by atoms with E-state index in [9.17, 15) is 4.79 Å². The lowest BCUT2D eigenvalue weighted by atomic mass is 10.2. The zero-order chi connectivity index (χ0) is 11.3. The first kappa shape index (κ1) is 12.2. The van der Waals surface area contributed by atoms with Gasteiger partial charge in [0.15, 0.2) is 0 Å². The molecule has 1 unspecified atom stereocenters. The van der Waals surface area contributed by atoms with E-state index in [1.807, 2.05) is 32.2 Å². The quantitative estimate of drug-likeness (QED) is 0.783. The molecule has 0 saturated carbocycles. The molecule has 0 saturated heterocycles. The first-order chi connectivity index (χ1) is 7.11. The standard InChI is InChI=1S/C11H15BrN2O/c1-9(12)11(15)14(2)8-6-10-5-3-4-7-13-10/h3-5,7,9H,6,8H2,1-2H3. The first-order valence-corrected chi connectivity index (χ1v) is 5.82. The molecule has 3 nitrogen and oxygen atoms in total. The number of hydrogen-bond acceptors (Lipinski definition) is 2. The number of hydrogen-bond donors (Lipinski definition) is 0. The first-order valence-electron chi connectivity index (χ1n) is 4.90. The molecule has 0 aliphatic rings. The molecular formula is C11H15BrN2O. The molecule has 0 aliphatic carbocycles. The summed E-state index contributed by atoms with van der Waals surface area (Å²) in [5.41, 5.74) is 1.01. The molecule has 1 amide bonds. The summed E-state index contributed by atoms with van der Waals surface area (Å²) in [5, 5.41) is 0. The summed E-state index contributed by atoms with van der Waals surface area (Å²) in [6, 6.07) is 5.81. The van der Waals surface area contributed by atoms with E-state index in [0.29, 0.717) is 6.54 Å². The Balaban J connectivity index is 2.41. The van der Waals surface area contributed by atoms with Crippen LogP contribution in [0.3, 0.4) is 0 Å². The third-order valence-corrected chi connectivity index (χ3v) is 2.54. The summed E-state index contributed by atoms with van der Waals surface area (Å²) in [6.45, 7) is 2.53. The van der Waals surface area contributed by atoms with Gasteiger partial charge in [-0.25, -0.2) is 0 Å². The predicted octanol–water partition coefficient (Wildman–Crippen LogP) is 1.87. The largest absolute Gasteiger partial charge is 0.344 e. The molecule has 1 heterocycles. The molecule has 0 bridgehead atoms. The molecule has 15 heavy (non-hydrogen) atoms. The van der Waals surface area contributed by atoms with E-state index in [1.54, 1.807) is 11.1 Å². The lowest BCUT2D eigenvalue weighted by molar-refractivity contribution is -0.128. The van der Waals surface area contributed by atoms with E-state index in [4.69, 9.17) is 0 Å². The molecule has 0 radical (unpaired) electrons. The van der Waals surface area contributed by atoms with Crippen molar-refractivity contribution in [2.75, 3.05) is 13.6 Å². The SMILES string of the molecule is CC(Br)C(=O)N(C)CCc1ccccn1. The fourth-order valence-corrected chi connectivity index (χ4v) is 1.59. The van der Waals surface area contributed by atoms with Crippen molar-refractivity contribution in [2.45, 2.75) is 18.2 Å². The Hall–Kier alpha value is -0.900. The Labute approximate surface area is 98.6 Å². The molecule has 1 aromatic rings. The Bertz CT molecular complexity index is 314. The Morgan fingerprint density at radius 3 is 2.87 bits per heavy atom. The molecule has 82 valence electrons. The predicted molar refractivity (Wildman–Crippen MR) is 64.0 cm³/mol. The van der Waals surface area contributed by atoms with Crippen LogP contribution in [-0.4, -0.2) is 34.2 Å². The highest BCUT2D eigenvalue weighted by Gasteiger charge is 2.13. The van der Waals surface area contributed by atoms with E-state index in [0.717, 1.165) is 12.1 Å². The fraction of sp³-hybridized carbons (Fsp3) is 0.455. The summed E-state index contributed by atoms with van der Waals surface area (Å²) < 4.78 is 0. The van der Waals surface area contributed by atoms with E-state index < -0.39 is 0 Å². The maximum absolute atomic E-state index is 11.5. The van der Waals surface area contributed by atoms with Crippen molar-refractivity contribution in [3.63, 3.8) is 0 Å². The van der Waals surface area contributed by atoms with Crippen LogP contribution in [0.1, 0.15) is 12.6 Å². The van der Waals surface area contributed by atoms with Crippen molar-refractivity contribution in [3.05, 3.63) is 30.1 Å². The van der Waals surface area contributed by atoms with Crippen molar-refractivity contribution < 1.29 is 4.79 Å². The van der Waals surface area contributed by atoms with E-state index in [1.165, 1.54) is 0 Å². The average molecular weight is 271 g/mol. The monoisotopic (exact) mass is 270 g/mol. The molecule has 1 aromatic heterocycles. The summed E-state index contributed by atoms with van der Waals surface area (Å²) in [5.74, 6) is 0.103. The van der Waals surface area contributed by atoms with Crippen LogP contribution in [-0.2, 0) is 11.2 Å². The average Bonchev–Trinajstić information content (AvgIpc) is 2.26. The Morgan fingerprint density at radius 1 is 1.60 bits per heavy atom. The maximum atomic E-state index is 11.5. The molecule has 0 aromatic carbocycles. The summed E-state index contributed by atoms with van der Waals surface area (Å²) in [6.07, 6.45) is 2.56. The van der Waals surface area contributed by atoms with Crippen LogP contribution in [0.25, 0.3) is 0 Å². The van der Waals surface area contributed by atoms with Gasteiger partial charge in [-0.15, -0.1) is 0 Å². The van der Waals surface area contributed by atoms with Gasteiger partial charge in [-0.3, -0.25) is 9.78 Å². The van der Waals surface area contributed by atoms with Gasteiger partial charge >= 0.3 is 0 Å². The normalized spacial score (nSPS) is 12.2. The number of aromatic nitrogens is 1. The van der Waals surface area contributed by atoms with E-state index >= 15 is 0 Å². The van der Waals surface area contributed by atoms with E-state index in [2.05, 4.69) is 20.9 Å². The van der Waals surface area contributed by atoms with Crippen LogP contribution in [0.5, 0.6) is 0 Å². The number of rotatable bonds is 4. The van der Waals surface area contributed by atoms with Crippen LogP contribution < -0.4 is 0 Å². The summed E-state index contributed by atoms with van der Waals surface area (Å²) in [4.78, 5) is 17.3. The van der Waals surface area contributed by atoms with Crippen molar-refractivity contribution in [2.24, 2.45) is 0 Å². The zero-order valence-corrected chi connectivity index (χ0v) is 10.6. The number of carbonyl (C=O) groups is 1. The van der Waals surface area contributed by atoms with Gasteiger partial charge in [0.05, 0.1) is 4.83 Å². The van der Waals surface area contributed by atoms with Gasteiger partial charge in [-0.05, 0) is 19.1 Å². The van der Waals surface area contributed by atoms with Crippen molar-refractivity contribution in [3.8, 4) is 0 Å². The number of nitrogens with zero attached hydrogens (tertiary/aromatic N) is 2. The highest BCUT2D eigenvalue weighted by Crippen LogP contribution is 2.03. The highest BCUT2D eigenvalue weighted by molar-refractivity contribution is 9.10. The molecular weight excluding hydrogens is 256 g/mol. The molecule has 0 spiro atoms. The van der Waals surface area contributed by atoms with E-state index in [-0.39, 0.29) is 10.7 Å². The van der Waals surface area contributed by atoms with Gasteiger partial charge < -0.3 is 4.90 Å². The molecule has 1 atom stereocenters. The Morgan fingerprint density at radius 2 is 2.33 bits per heavy atom. The summed E-state index contributed by atoms with van der Waals surface area (Å²) in [7, 11) is 1.81. The van der Waals surface area contributed by atoms with Gasteiger partial charge in [0.25, 0.3) is 0 Å². The molecule has 4 heteroatoms. The third-order valence-electron chi connectivity index (χ3n) is 2.15. The van der Waals surface area contributed by atoms with Crippen LogP contribution >= 0.6 is 15.9 Å². The van der Waals surface area contributed by atoms with Crippen LogP contribution in [0, 0.1) is 0 Å². The van der Waals surface area contributed by atoms with Gasteiger partial charge in [-0.2, -0.15) is 0 Å². The maximum Gasteiger partial charge on any atom is 0.235 e. The van der Waals surface area contributed by atoms with Crippen LogP contribution in [0.4, 0.5) is 0 Å². The van der Waals surface area contributed by atoms with Crippen molar-refractivity contribution >= 4 is 21.8 Å².